The van der Waals surface area contributed by atoms with E-state index in [1.165, 1.54) is 0 Å². The zero-order chi connectivity index (χ0) is 15.4. The van der Waals surface area contributed by atoms with Gasteiger partial charge in [0.25, 0.3) is 0 Å². The Labute approximate surface area is 141 Å². The van der Waals surface area contributed by atoms with Gasteiger partial charge in [0.2, 0.25) is 0 Å². The number of hydrogen-bond acceptors (Lipinski definition) is 3. The van der Waals surface area contributed by atoms with Crippen molar-refractivity contribution >= 4 is 31.9 Å². The molecule has 3 nitrogen and oxygen atoms in total. The summed E-state index contributed by atoms with van der Waals surface area (Å²) in [7, 11) is 1.61. The number of halogens is 2. The van der Waals surface area contributed by atoms with Gasteiger partial charge >= 0.3 is 0 Å². The second-order valence-corrected chi connectivity index (χ2v) is 6.50. The van der Waals surface area contributed by atoms with E-state index in [2.05, 4.69) is 31.9 Å². The van der Waals surface area contributed by atoms with Gasteiger partial charge in [-0.25, -0.2) is 0 Å². The monoisotopic (exact) mass is 413 g/mol. The van der Waals surface area contributed by atoms with Crippen molar-refractivity contribution in [1.29, 1.82) is 0 Å². The van der Waals surface area contributed by atoms with Crippen LogP contribution >= 0.6 is 31.9 Å². The summed E-state index contributed by atoms with van der Waals surface area (Å²) < 4.78 is 7.02. The molecular formula is C16H17Br2NO2. The van der Waals surface area contributed by atoms with E-state index < -0.39 is 6.10 Å². The summed E-state index contributed by atoms with van der Waals surface area (Å²) in [6.45, 7) is 0.368. The van der Waals surface area contributed by atoms with Crippen molar-refractivity contribution in [3.05, 3.63) is 62.5 Å². The molecule has 112 valence electrons. The Balaban J connectivity index is 2.29. The molecule has 2 aromatic carbocycles. The zero-order valence-corrected chi connectivity index (χ0v) is 14.8. The number of ether oxygens (including phenoxy) is 1. The first-order valence-corrected chi connectivity index (χ1v) is 8.12. The molecule has 0 fully saturated rings. The molecule has 3 N–H and O–H groups in total. The van der Waals surface area contributed by atoms with Gasteiger partial charge in [0, 0.05) is 16.9 Å². The zero-order valence-electron chi connectivity index (χ0n) is 11.6. The first-order chi connectivity index (χ1) is 10.1. The Morgan fingerprint density at radius 1 is 1.10 bits per heavy atom. The molecule has 2 rings (SSSR count). The molecule has 0 saturated carbocycles. The van der Waals surface area contributed by atoms with Crippen molar-refractivity contribution in [3.8, 4) is 5.75 Å². The van der Waals surface area contributed by atoms with Crippen LogP contribution in [0.5, 0.6) is 5.75 Å². The maximum atomic E-state index is 10.6. The Kier molecular flexibility index (Phi) is 5.81. The number of benzene rings is 2. The lowest BCUT2D eigenvalue weighted by atomic mass is 9.89. The summed E-state index contributed by atoms with van der Waals surface area (Å²) in [6.07, 6.45) is -0.668. The normalized spacial score (nSPS) is 13.8. The molecule has 5 heteroatoms. The number of nitrogens with two attached hydrogens (primary N) is 1. The van der Waals surface area contributed by atoms with E-state index >= 15 is 0 Å². The fourth-order valence-electron chi connectivity index (χ4n) is 2.26. The fourth-order valence-corrected chi connectivity index (χ4v) is 3.08. The van der Waals surface area contributed by atoms with Crippen molar-refractivity contribution in [3.63, 3.8) is 0 Å². The quantitative estimate of drug-likeness (QED) is 0.777. The highest BCUT2D eigenvalue weighted by Gasteiger charge is 2.22. The van der Waals surface area contributed by atoms with Crippen LogP contribution in [0.4, 0.5) is 0 Å². The highest BCUT2D eigenvalue weighted by atomic mass is 79.9. The second kappa shape index (κ2) is 7.40. The van der Waals surface area contributed by atoms with Crippen LogP contribution < -0.4 is 10.5 Å². The van der Waals surface area contributed by atoms with Crippen LogP contribution in [0.3, 0.4) is 0 Å². The third-order valence-electron chi connectivity index (χ3n) is 3.45. The van der Waals surface area contributed by atoms with E-state index in [0.29, 0.717) is 6.54 Å². The lowest BCUT2D eigenvalue weighted by Gasteiger charge is -2.23. The topological polar surface area (TPSA) is 55.5 Å². The SMILES string of the molecule is COc1ccc(C(O)C(CN)c2ccc(Br)cc2)cc1Br. The van der Waals surface area contributed by atoms with Crippen LogP contribution in [0.1, 0.15) is 23.1 Å². The van der Waals surface area contributed by atoms with Gasteiger partial charge in [-0.3, -0.25) is 0 Å². The number of aliphatic hydroxyl groups excluding tert-OH is 1. The van der Waals surface area contributed by atoms with Gasteiger partial charge in [0.1, 0.15) is 5.75 Å². The predicted molar refractivity (Wildman–Crippen MR) is 91.6 cm³/mol. The maximum Gasteiger partial charge on any atom is 0.133 e. The molecule has 0 saturated heterocycles. The summed E-state index contributed by atoms with van der Waals surface area (Å²) in [6, 6.07) is 13.4. The Hall–Kier alpha value is -0.880. The molecule has 0 spiro atoms. The molecule has 0 amide bonds. The maximum absolute atomic E-state index is 10.6. The van der Waals surface area contributed by atoms with E-state index in [9.17, 15) is 5.11 Å². The summed E-state index contributed by atoms with van der Waals surface area (Å²) in [5.41, 5.74) is 7.69. The minimum atomic E-state index is -0.668. The van der Waals surface area contributed by atoms with Crippen molar-refractivity contribution in [1.82, 2.24) is 0 Å². The number of hydrogen-bond donors (Lipinski definition) is 2. The van der Waals surface area contributed by atoms with E-state index in [1.807, 2.05) is 42.5 Å². The second-order valence-electron chi connectivity index (χ2n) is 4.73. The van der Waals surface area contributed by atoms with E-state index in [1.54, 1.807) is 7.11 Å². The number of rotatable bonds is 5. The molecule has 0 aliphatic heterocycles. The largest absolute Gasteiger partial charge is 0.496 e. The van der Waals surface area contributed by atoms with Crippen molar-refractivity contribution in [2.24, 2.45) is 5.73 Å². The highest BCUT2D eigenvalue weighted by Crippen LogP contribution is 2.34. The van der Waals surface area contributed by atoms with Crippen LogP contribution in [0.2, 0.25) is 0 Å². The molecule has 2 aromatic rings. The fraction of sp³-hybridized carbons (Fsp3) is 0.250. The molecule has 0 aliphatic rings. The van der Waals surface area contributed by atoms with Crippen LogP contribution in [0.25, 0.3) is 0 Å². The smallest absolute Gasteiger partial charge is 0.133 e. The Morgan fingerprint density at radius 3 is 2.24 bits per heavy atom. The first-order valence-electron chi connectivity index (χ1n) is 6.54. The predicted octanol–water partition coefficient (Wildman–Crippen LogP) is 4.00. The van der Waals surface area contributed by atoms with Gasteiger partial charge in [-0.1, -0.05) is 34.1 Å². The van der Waals surface area contributed by atoms with E-state index in [0.717, 1.165) is 25.8 Å². The average Bonchev–Trinajstić information content (AvgIpc) is 2.49. The van der Waals surface area contributed by atoms with Crippen LogP contribution in [0.15, 0.2) is 51.4 Å². The molecule has 0 aromatic heterocycles. The van der Waals surface area contributed by atoms with Gasteiger partial charge in [0.15, 0.2) is 0 Å². The molecule has 0 aliphatic carbocycles. The van der Waals surface area contributed by atoms with Gasteiger partial charge in [-0.05, 0) is 51.3 Å². The minimum absolute atomic E-state index is 0.154. The standard InChI is InChI=1S/C16H17Br2NO2/c1-21-15-7-4-11(8-14(15)18)16(20)13(9-19)10-2-5-12(17)6-3-10/h2-8,13,16,20H,9,19H2,1H3. The van der Waals surface area contributed by atoms with Gasteiger partial charge in [-0.15, -0.1) is 0 Å². The summed E-state index contributed by atoms with van der Waals surface area (Å²) >= 11 is 6.85. The van der Waals surface area contributed by atoms with E-state index in [4.69, 9.17) is 10.5 Å². The molecule has 21 heavy (non-hydrogen) atoms. The van der Waals surface area contributed by atoms with Gasteiger partial charge in [-0.2, -0.15) is 0 Å². The van der Waals surface area contributed by atoms with Crippen molar-refractivity contribution < 1.29 is 9.84 Å². The summed E-state index contributed by atoms with van der Waals surface area (Å²) in [4.78, 5) is 0. The highest BCUT2D eigenvalue weighted by molar-refractivity contribution is 9.10. The minimum Gasteiger partial charge on any atom is -0.496 e. The van der Waals surface area contributed by atoms with Crippen molar-refractivity contribution in [2.75, 3.05) is 13.7 Å². The van der Waals surface area contributed by atoms with Crippen LogP contribution in [0, 0.1) is 0 Å². The molecular weight excluding hydrogens is 398 g/mol. The van der Waals surface area contributed by atoms with Gasteiger partial charge in [0.05, 0.1) is 17.7 Å². The molecule has 0 bridgehead atoms. The molecule has 2 atom stereocenters. The lowest BCUT2D eigenvalue weighted by Crippen LogP contribution is -2.20. The molecule has 0 heterocycles. The van der Waals surface area contributed by atoms with Gasteiger partial charge < -0.3 is 15.6 Å². The summed E-state index contributed by atoms with van der Waals surface area (Å²) in [5.74, 6) is 0.581. The Morgan fingerprint density at radius 2 is 1.71 bits per heavy atom. The third kappa shape index (κ3) is 3.86. The van der Waals surface area contributed by atoms with Crippen LogP contribution in [-0.4, -0.2) is 18.8 Å². The Bertz CT molecular complexity index is 602. The average molecular weight is 415 g/mol. The molecule has 0 radical (unpaired) electrons. The third-order valence-corrected chi connectivity index (χ3v) is 4.60. The van der Waals surface area contributed by atoms with E-state index in [-0.39, 0.29) is 5.92 Å². The first kappa shape index (κ1) is 16.5. The molecule has 2 unspecified atom stereocenters. The van der Waals surface area contributed by atoms with Crippen molar-refractivity contribution in [2.45, 2.75) is 12.0 Å². The number of aliphatic hydroxyl groups is 1. The number of methoxy groups -OCH3 is 1. The van der Waals surface area contributed by atoms with Crippen LogP contribution in [-0.2, 0) is 0 Å². The lowest BCUT2D eigenvalue weighted by molar-refractivity contribution is 0.147. The summed E-state index contributed by atoms with van der Waals surface area (Å²) in [5, 5.41) is 10.6.